The van der Waals surface area contributed by atoms with Gasteiger partial charge in [0.05, 0.1) is 0 Å². The molecule has 1 aromatic heterocycles. The molecule has 2 fully saturated rings. The average Bonchev–Trinajstić information content (AvgIpc) is 2.68. The van der Waals surface area contributed by atoms with E-state index in [1.165, 1.54) is 25.5 Å². The molecule has 4 nitrogen and oxygen atoms in total. The number of nitrogens with zero attached hydrogens (tertiary/aromatic N) is 2. The molecule has 19 heavy (non-hydrogen) atoms. The predicted molar refractivity (Wildman–Crippen MR) is 73.2 cm³/mol. The number of aryl methyl sites for hydroxylation is 1. The van der Waals surface area contributed by atoms with Crippen LogP contribution < -0.4 is 0 Å². The van der Waals surface area contributed by atoms with E-state index in [0.29, 0.717) is 11.4 Å². The molecule has 1 atom stereocenters. The first-order valence-corrected chi connectivity index (χ1v) is 8.31. The minimum atomic E-state index is -3.39. The molecule has 2 aliphatic rings. The van der Waals surface area contributed by atoms with Gasteiger partial charge in [0.25, 0.3) is 0 Å². The van der Waals surface area contributed by atoms with Crippen LogP contribution in [0.3, 0.4) is 0 Å². The van der Waals surface area contributed by atoms with E-state index in [4.69, 9.17) is 0 Å². The molecule has 3 rings (SSSR count). The molecular formula is C14H20N2O2S. The first kappa shape index (κ1) is 13.1. The van der Waals surface area contributed by atoms with Crippen LogP contribution in [0.2, 0.25) is 0 Å². The molecule has 1 aromatic rings. The molecule has 5 heteroatoms. The summed E-state index contributed by atoms with van der Waals surface area (Å²) >= 11 is 0. The fraction of sp³-hybridized carbons (Fsp3) is 0.643. The molecule has 0 aromatic carbocycles. The molecule has 0 N–H and O–H groups in total. The average molecular weight is 280 g/mol. The van der Waals surface area contributed by atoms with E-state index in [0.717, 1.165) is 12.0 Å². The lowest BCUT2D eigenvalue weighted by atomic mass is 9.68. The van der Waals surface area contributed by atoms with Gasteiger partial charge in [0.15, 0.2) is 0 Å². The fourth-order valence-electron chi connectivity index (χ4n) is 3.49. The highest BCUT2D eigenvalue weighted by molar-refractivity contribution is 7.89. The van der Waals surface area contributed by atoms with Gasteiger partial charge < -0.3 is 0 Å². The Morgan fingerprint density at radius 3 is 2.68 bits per heavy atom. The molecule has 1 unspecified atom stereocenters. The van der Waals surface area contributed by atoms with Crippen LogP contribution in [-0.2, 0) is 10.0 Å². The number of pyridine rings is 1. The second kappa shape index (κ2) is 4.28. The zero-order valence-electron chi connectivity index (χ0n) is 11.5. The summed E-state index contributed by atoms with van der Waals surface area (Å²) in [6.07, 6.45) is 7.71. The first-order chi connectivity index (χ1) is 8.95. The van der Waals surface area contributed by atoms with Gasteiger partial charge >= 0.3 is 0 Å². The zero-order valence-corrected chi connectivity index (χ0v) is 12.3. The highest BCUT2D eigenvalue weighted by Gasteiger charge is 2.50. The third-order valence-corrected chi connectivity index (χ3v) is 6.79. The van der Waals surface area contributed by atoms with Crippen molar-refractivity contribution in [3.8, 4) is 0 Å². The van der Waals surface area contributed by atoms with Gasteiger partial charge in [-0.2, -0.15) is 4.31 Å². The maximum atomic E-state index is 12.8. The highest BCUT2D eigenvalue weighted by Crippen LogP contribution is 2.51. The van der Waals surface area contributed by atoms with Gasteiger partial charge in [0, 0.05) is 25.0 Å². The topological polar surface area (TPSA) is 50.3 Å². The standard InChI is InChI=1S/C14H20N2O2S/c1-11-4-7-15-9-13(11)19(17,18)16-10-14(5-3-6-14)8-12(16)2/h4,7,9,12H,3,5-6,8,10H2,1-2H3. The van der Waals surface area contributed by atoms with Crippen molar-refractivity contribution in [3.05, 3.63) is 24.0 Å². The van der Waals surface area contributed by atoms with Crippen LogP contribution in [-0.4, -0.2) is 30.3 Å². The number of hydrogen-bond acceptors (Lipinski definition) is 3. The monoisotopic (exact) mass is 280 g/mol. The van der Waals surface area contributed by atoms with E-state index in [1.54, 1.807) is 16.6 Å². The Balaban J connectivity index is 1.95. The van der Waals surface area contributed by atoms with E-state index in [2.05, 4.69) is 4.98 Å². The minimum Gasteiger partial charge on any atom is -0.263 e. The maximum Gasteiger partial charge on any atom is 0.245 e. The van der Waals surface area contributed by atoms with Crippen molar-refractivity contribution in [2.24, 2.45) is 5.41 Å². The van der Waals surface area contributed by atoms with Gasteiger partial charge in [-0.3, -0.25) is 4.98 Å². The quantitative estimate of drug-likeness (QED) is 0.835. The third-order valence-electron chi connectivity index (χ3n) is 4.70. The molecule has 0 amide bonds. The van der Waals surface area contributed by atoms with E-state index in [-0.39, 0.29) is 11.5 Å². The van der Waals surface area contributed by atoms with E-state index >= 15 is 0 Å². The fourth-order valence-corrected chi connectivity index (χ4v) is 5.40. The van der Waals surface area contributed by atoms with Crippen LogP contribution >= 0.6 is 0 Å². The first-order valence-electron chi connectivity index (χ1n) is 6.87. The Kier molecular flexibility index (Phi) is 2.94. The van der Waals surface area contributed by atoms with Gasteiger partial charge in [-0.15, -0.1) is 0 Å². The molecule has 1 saturated carbocycles. The Bertz CT molecular complexity index is 593. The second-order valence-electron chi connectivity index (χ2n) is 6.10. The molecule has 1 spiro atoms. The summed E-state index contributed by atoms with van der Waals surface area (Å²) in [7, 11) is -3.39. The summed E-state index contributed by atoms with van der Waals surface area (Å²) < 4.78 is 27.2. The van der Waals surface area contributed by atoms with Crippen molar-refractivity contribution in [3.63, 3.8) is 0 Å². The second-order valence-corrected chi connectivity index (χ2v) is 7.96. The van der Waals surface area contributed by atoms with Crippen LogP contribution in [0.1, 0.15) is 38.2 Å². The van der Waals surface area contributed by atoms with Gasteiger partial charge in [-0.05, 0) is 50.2 Å². The Hall–Kier alpha value is -0.940. The summed E-state index contributed by atoms with van der Waals surface area (Å²) in [6, 6.07) is 1.86. The number of hydrogen-bond donors (Lipinski definition) is 0. The van der Waals surface area contributed by atoms with E-state index in [1.807, 2.05) is 13.8 Å². The van der Waals surface area contributed by atoms with Gasteiger partial charge in [0.2, 0.25) is 10.0 Å². The van der Waals surface area contributed by atoms with Crippen LogP contribution in [0.4, 0.5) is 0 Å². The maximum absolute atomic E-state index is 12.8. The van der Waals surface area contributed by atoms with Crippen molar-refractivity contribution < 1.29 is 8.42 Å². The largest absolute Gasteiger partial charge is 0.263 e. The number of aromatic nitrogens is 1. The molecular weight excluding hydrogens is 260 g/mol. The molecule has 1 saturated heterocycles. The lowest BCUT2D eigenvalue weighted by Crippen LogP contribution is -2.37. The molecule has 1 aliphatic heterocycles. The smallest absolute Gasteiger partial charge is 0.245 e. The van der Waals surface area contributed by atoms with Crippen LogP contribution in [0.25, 0.3) is 0 Å². The summed E-state index contributed by atoms with van der Waals surface area (Å²) in [5.41, 5.74) is 1.04. The Labute approximate surface area is 114 Å². The lowest BCUT2D eigenvalue weighted by Gasteiger charge is -2.38. The van der Waals surface area contributed by atoms with Crippen molar-refractivity contribution in [1.82, 2.24) is 9.29 Å². The van der Waals surface area contributed by atoms with Crippen LogP contribution in [0.15, 0.2) is 23.4 Å². The number of sulfonamides is 1. The lowest BCUT2D eigenvalue weighted by molar-refractivity contribution is 0.152. The van der Waals surface area contributed by atoms with Gasteiger partial charge in [-0.1, -0.05) is 6.42 Å². The van der Waals surface area contributed by atoms with Crippen molar-refractivity contribution >= 4 is 10.0 Å². The van der Waals surface area contributed by atoms with Crippen molar-refractivity contribution in [1.29, 1.82) is 0 Å². The minimum absolute atomic E-state index is 0.102. The summed E-state index contributed by atoms with van der Waals surface area (Å²) in [4.78, 5) is 4.33. The van der Waals surface area contributed by atoms with E-state index in [9.17, 15) is 8.42 Å². The van der Waals surface area contributed by atoms with Crippen LogP contribution in [0.5, 0.6) is 0 Å². The summed E-state index contributed by atoms with van der Waals surface area (Å²) in [5.74, 6) is 0. The SMILES string of the molecule is Cc1ccncc1S(=O)(=O)N1CC2(CCC2)CC1C. The summed E-state index contributed by atoms with van der Waals surface area (Å²) in [5, 5.41) is 0. The normalized spacial score (nSPS) is 26.5. The molecule has 2 heterocycles. The summed E-state index contributed by atoms with van der Waals surface area (Å²) in [6.45, 7) is 4.54. The van der Waals surface area contributed by atoms with E-state index < -0.39 is 10.0 Å². The Morgan fingerprint density at radius 2 is 2.16 bits per heavy atom. The molecule has 0 radical (unpaired) electrons. The zero-order chi connectivity index (χ0) is 13.7. The van der Waals surface area contributed by atoms with Crippen molar-refractivity contribution in [2.75, 3.05) is 6.54 Å². The van der Waals surface area contributed by atoms with Crippen molar-refractivity contribution in [2.45, 2.75) is 50.5 Å². The molecule has 1 aliphatic carbocycles. The molecule has 0 bridgehead atoms. The third kappa shape index (κ3) is 1.99. The number of rotatable bonds is 2. The predicted octanol–water partition coefficient (Wildman–Crippen LogP) is 2.34. The van der Waals surface area contributed by atoms with Gasteiger partial charge in [0.1, 0.15) is 4.90 Å². The highest BCUT2D eigenvalue weighted by atomic mass is 32.2. The van der Waals surface area contributed by atoms with Gasteiger partial charge in [-0.25, -0.2) is 8.42 Å². The molecule has 104 valence electrons. The Morgan fingerprint density at radius 1 is 1.42 bits per heavy atom. The van der Waals surface area contributed by atoms with Crippen LogP contribution in [0, 0.1) is 12.3 Å².